The largest absolute Gasteiger partial charge is 0.338 e. The molecule has 41 heavy (non-hydrogen) atoms. The van der Waals surface area contributed by atoms with Crippen molar-refractivity contribution in [2.75, 3.05) is 0 Å². The van der Waals surface area contributed by atoms with Gasteiger partial charge in [-0.25, -0.2) is 0 Å². The maximum Gasteiger partial charge on any atom is 0.112 e. The number of rotatable bonds is 10. The minimum absolute atomic E-state index is 0.375. The highest BCUT2D eigenvalue weighted by Crippen LogP contribution is 2.39. The lowest BCUT2D eigenvalue weighted by atomic mass is 10.0. The fourth-order valence-corrected chi connectivity index (χ4v) is 7.38. The van der Waals surface area contributed by atoms with Gasteiger partial charge in [-0.2, -0.15) is 17.5 Å². The van der Waals surface area contributed by atoms with Gasteiger partial charge in [0.15, 0.2) is 0 Å². The molecule has 5 nitrogen and oxygen atoms in total. The molecule has 1 unspecified atom stereocenters. The molecule has 7 heteroatoms. The van der Waals surface area contributed by atoms with Gasteiger partial charge in [0.05, 0.1) is 23.5 Å². The second-order valence-electron chi connectivity index (χ2n) is 11.1. The van der Waals surface area contributed by atoms with Gasteiger partial charge in [-0.1, -0.05) is 94.0 Å². The Bertz CT molecular complexity index is 1850. The Morgan fingerprint density at radius 3 is 1.73 bits per heavy atom. The van der Waals surface area contributed by atoms with E-state index in [9.17, 15) is 0 Å². The highest BCUT2D eigenvalue weighted by atomic mass is 32.1. The van der Waals surface area contributed by atoms with E-state index in [-0.39, 0.29) is 0 Å². The van der Waals surface area contributed by atoms with E-state index in [4.69, 9.17) is 0 Å². The van der Waals surface area contributed by atoms with E-state index < -0.39 is 0 Å². The summed E-state index contributed by atoms with van der Waals surface area (Å²) >= 11 is 2.56. The summed E-state index contributed by atoms with van der Waals surface area (Å²) in [6.45, 7) is 4.67. The van der Waals surface area contributed by atoms with Crippen LogP contribution in [0.4, 0.5) is 0 Å². The molecule has 7 rings (SSSR count). The van der Waals surface area contributed by atoms with Crippen LogP contribution >= 0.6 is 23.5 Å². The van der Waals surface area contributed by atoms with E-state index in [1.807, 2.05) is 12.1 Å². The van der Waals surface area contributed by atoms with Crippen LogP contribution in [0.1, 0.15) is 64.8 Å². The average Bonchev–Trinajstić information content (AvgIpc) is 3.75. The summed E-state index contributed by atoms with van der Waals surface area (Å²) in [5.74, 6) is 0. The first-order valence-electron chi connectivity index (χ1n) is 14.7. The molecule has 0 N–H and O–H groups in total. The van der Waals surface area contributed by atoms with E-state index in [2.05, 4.69) is 96.6 Å². The van der Waals surface area contributed by atoms with Gasteiger partial charge in [0.1, 0.15) is 22.1 Å². The monoisotopic (exact) mass is 575 g/mol. The summed E-state index contributed by atoms with van der Waals surface area (Å²) < 4.78 is 20.8. The van der Waals surface area contributed by atoms with Crippen LogP contribution in [0.15, 0.2) is 72.8 Å². The van der Waals surface area contributed by atoms with E-state index in [0.717, 1.165) is 39.6 Å². The molecule has 0 saturated heterocycles. The minimum Gasteiger partial charge on any atom is -0.338 e. The van der Waals surface area contributed by atoms with Gasteiger partial charge in [0.2, 0.25) is 0 Å². The van der Waals surface area contributed by atoms with E-state index >= 15 is 0 Å². The van der Waals surface area contributed by atoms with Crippen LogP contribution in [0.5, 0.6) is 0 Å². The second kappa shape index (κ2) is 11.3. The first kappa shape index (κ1) is 26.2. The fourth-order valence-electron chi connectivity index (χ4n) is 6.28. The zero-order valence-corrected chi connectivity index (χ0v) is 25.1. The molecule has 206 valence electrons. The van der Waals surface area contributed by atoms with Crippen molar-refractivity contribution in [2.45, 2.75) is 64.8 Å². The topological polar surface area (TPSA) is 56.5 Å². The number of nitrogens with zero attached hydrogens (tertiary/aromatic N) is 5. The van der Waals surface area contributed by atoms with Crippen LogP contribution in [0.3, 0.4) is 0 Å². The van der Waals surface area contributed by atoms with Crippen LogP contribution in [0.25, 0.3) is 66.1 Å². The summed E-state index contributed by atoms with van der Waals surface area (Å²) in [7, 11) is 0. The summed E-state index contributed by atoms with van der Waals surface area (Å²) in [4.78, 5) is 0. The lowest BCUT2D eigenvalue weighted by Gasteiger charge is -2.18. The third-order valence-corrected chi connectivity index (χ3v) is 9.50. The van der Waals surface area contributed by atoms with Crippen molar-refractivity contribution in [2.24, 2.45) is 0 Å². The Morgan fingerprint density at radius 1 is 0.634 bits per heavy atom. The van der Waals surface area contributed by atoms with Gasteiger partial charge in [-0.15, -0.1) is 0 Å². The molecule has 7 aromatic rings. The van der Waals surface area contributed by atoms with E-state index in [1.165, 1.54) is 94.9 Å². The number of benzene rings is 4. The number of fused-ring (bicyclic) bond motifs is 5. The van der Waals surface area contributed by atoms with Gasteiger partial charge in [0.25, 0.3) is 0 Å². The zero-order valence-electron chi connectivity index (χ0n) is 23.5. The third-order valence-electron chi connectivity index (χ3n) is 8.41. The highest BCUT2D eigenvalue weighted by molar-refractivity contribution is 7.00. The molecule has 3 aromatic heterocycles. The van der Waals surface area contributed by atoms with Crippen LogP contribution in [-0.4, -0.2) is 22.1 Å². The molecule has 0 amide bonds. The van der Waals surface area contributed by atoms with E-state index in [1.54, 1.807) is 0 Å². The predicted octanol–water partition coefficient (Wildman–Crippen LogP) is 10.4. The first-order valence-corrected chi connectivity index (χ1v) is 16.2. The lowest BCUT2D eigenvalue weighted by Crippen LogP contribution is -2.05. The Kier molecular flexibility index (Phi) is 7.23. The van der Waals surface area contributed by atoms with Crippen LogP contribution < -0.4 is 0 Å². The van der Waals surface area contributed by atoms with Crippen LogP contribution in [-0.2, 0) is 0 Å². The van der Waals surface area contributed by atoms with Crippen molar-refractivity contribution >= 4 is 67.3 Å². The van der Waals surface area contributed by atoms with Crippen LogP contribution in [0, 0.1) is 0 Å². The standard InChI is InChI=1S/C34H33N5S2/c1-3-4-5-6-7-8-11-22(2)39-31-20-23(25-12-9-14-29-33(25)37-40-35-29)16-18-27(31)28-19-17-24(21-32(28)39)26-13-10-15-30-34(26)38-41-36-30/h9-10,12-22H,3-8,11H2,1-2H3. The van der Waals surface area contributed by atoms with Gasteiger partial charge >= 0.3 is 0 Å². The Morgan fingerprint density at radius 2 is 1.17 bits per heavy atom. The van der Waals surface area contributed by atoms with Crippen molar-refractivity contribution in [3.05, 3.63) is 72.8 Å². The van der Waals surface area contributed by atoms with Crippen molar-refractivity contribution < 1.29 is 0 Å². The van der Waals surface area contributed by atoms with Crippen molar-refractivity contribution in [3.8, 4) is 22.3 Å². The van der Waals surface area contributed by atoms with Crippen molar-refractivity contribution in [1.82, 2.24) is 22.1 Å². The van der Waals surface area contributed by atoms with Gasteiger partial charge in [0, 0.05) is 39.0 Å². The molecule has 0 saturated carbocycles. The number of unbranched alkanes of at least 4 members (excludes halogenated alkanes) is 5. The predicted molar refractivity (Wildman–Crippen MR) is 175 cm³/mol. The third kappa shape index (κ3) is 4.81. The maximum absolute atomic E-state index is 4.63. The van der Waals surface area contributed by atoms with Gasteiger partial charge < -0.3 is 4.57 Å². The number of hydrogen-bond acceptors (Lipinski definition) is 6. The molecule has 0 aliphatic carbocycles. The molecular weight excluding hydrogens is 543 g/mol. The quantitative estimate of drug-likeness (QED) is 0.152. The smallest absolute Gasteiger partial charge is 0.112 e. The molecule has 0 aliphatic rings. The molecule has 1 atom stereocenters. The molecule has 0 spiro atoms. The fraction of sp³-hybridized carbons (Fsp3) is 0.294. The summed E-state index contributed by atoms with van der Waals surface area (Å²) in [6, 6.07) is 26.8. The Hall–Kier alpha value is -3.68. The molecule has 0 radical (unpaired) electrons. The summed E-state index contributed by atoms with van der Waals surface area (Å²) in [6.07, 6.45) is 9.03. The summed E-state index contributed by atoms with van der Waals surface area (Å²) in [5, 5.41) is 2.59. The number of hydrogen-bond donors (Lipinski definition) is 0. The molecule has 0 bridgehead atoms. The average molecular weight is 576 g/mol. The Balaban J connectivity index is 1.36. The Labute approximate surface area is 248 Å². The van der Waals surface area contributed by atoms with Crippen molar-refractivity contribution in [3.63, 3.8) is 0 Å². The molecule has 3 heterocycles. The molecular formula is C34H33N5S2. The first-order chi connectivity index (χ1) is 20.2. The summed E-state index contributed by atoms with van der Waals surface area (Å²) in [5.41, 5.74) is 11.1. The molecule has 0 fully saturated rings. The molecule has 0 aliphatic heterocycles. The van der Waals surface area contributed by atoms with Gasteiger partial charge in [-0.05, 0) is 48.7 Å². The maximum atomic E-state index is 4.63. The minimum atomic E-state index is 0.375. The SMILES string of the molecule is CCCCCCCCC(C)n1c2cc(-c3cccc4nsnc34)ccc2c2ccc(-c3cccc4nsnc34)cc21. The van der Waals surface area contributed by atoms with Crippen LogP contribution in [0.2, 0.25) is 0 Å². The van der Waals surface area contributed by atoms with Gasteiger partial charge in [-0.3, -0.25) is 0 Å². The lowest BCUT2D eigenvalue weighted by molar-refractivity contribution is 0.487. The van der Waals surface area contributed by atoms with Crippen molar-refractivity contribution in [1.29, 1.82) is 0 Å². The normalized spacial score (nSPS) is 12.7. The highest BCUT2D eigenvalue weighted by Gasteiger charge is 2.19. The zero-order chi connectivity index (χ0) is 27.8. The number of aromatic nitrogens is 5. The van der Waals surface area contributed by atoms with E-state index in [0.29, 0.717) is 6.04 Å². The molecule has 4 aromatic carbocycles. The second-order valence-corrected chi connectivity index (χ2v) is 12.2.